The number of carbonyl (C=O) groups excluding carboxylic acids is 1. The van der Waals surface area contributed by atoms with Crippen LogP contribution in [0.2, 0.25) is 0 Å². The van der Waals surface area contributed by atoms with Crippen LogP contribution in [0.3, 0.4) is 0 Å². The number of esters is 1. The predicted molar refractivity (Wildman–Crippen MR) is 76.6 cm³/mol. The van der Waals surface area contributed by atoms with Crippen LogP contribution < -0.4 is 4.74 Å². The summed E-state index contributed by atoms with van der Waals surface area (Å²) in [6, 6.07) is 8.57. The van der Waals surface area contributed by atoms with Gasteiger partial charge in [0.05, 0.1) is 43.3 Å². The van der Waals surface area contributed by atoms with Crippen molar-refractivity contribution in [1.82, 2.24) is 0 Å². The van der Waals surface area contributed by atoms with E-state index >= 15 is 0 Å². The van der Waals surface area contributed by atoms with Crippen molar-refractivity contribution < 1.29 is 22.7 Å². The SMILES string of the molecule is COC(=O)CCS(=O)(=O)CCCOc1ccc(C#N)cc1. The minimum Gasteiger partial charge on any atom is -0.494 e. The Morgan fingerprint density at radius 1 is 1.24 bits per heavy atom. The van der Waals surface area contributed by atoms with E-state index in [-0.39, 0.29) is 24.5 Å². The van der Waals surface area contributed by atoms with Gasteiger partial charge in [-0.1, -0.05) is 0 Å². The molecule has 6 nitrogen and oxygen atoms in total. The van der Waals surface area contributed by atoms with E-state index in [1.54, 1.807) is 24.3 Å². The summed E-state index contributed by atoms with van der Waals surface area (Å²) in [5.74, 6) is -0.204. The molecule has 0 aliphatic carbocycles. The van der Waals surface area contributed by atoms with E-state index < -0.39 is 15.8 Å². The number of rotatable bonds is 8. The molecule has 0 aromatic heterocycles. The third-order valence-electron chi connectivity index (χ3n) is 2.70. The van der Waals surface area contributed by atoms with Crippen molar-refractivity contribution in [2.45, 2.75) is 12.8 Å². The second-order valence-corrected chi connectivity index (χ2v) is 6.62. The third-order valence-corrected chi connectivity index (χ3v) is 4.43. The van der Waals surface area contributed by atoms with Gasteiger partial charge in [0.2, 0.25) is 0 Å². The number of nitriles is 1. The molecule has 1 aromatic carbocycles. The van der Waals surface area contributed by atoms with Gasteiger partial charge in [-0.3, -0.25) is 4.79 Å². The summed E-state index contributed by atoms with van der Waals surface area (Å²) in [6.45, 7) is 0.253. The Kier molecular flexibility index (Phi) is 6.69. The molecule has 0 heterocycles. The van der Waals surface area contributed by atoms with Gasteiger partial charge >= 0.3 is 5.97 Å². The maximum atomic E-state index is 11.6. The minimum atomic E-state index is -3.28. The number of carbonyl (C=O) groups is 1. The van der Waals surface area contributed by atoms with Crippen LogP contribution in [0.1, 0.15) is 18.4 Å². The zero-order chi connectivity index (χ0) is 15.7. The van der Waals surface area contributed by atoms with Crippen molar-refractivity contribution >= 4 is 15.8 Å². The summed E-state index contributed by atoms with van der Waals surface area (Å²) in [6.07, 6.45) is 0.207. The van der Waals surface area contributed by atoms with E-state index in [1.165, 1.54) is 7.11 Å². The summed E-state index contributed by atoms with van der Waals surface area (Å²) in [4.78, 5) is 10.9. The van der Waals surface area contributed by atoms with E-state index in [0.29, 0.717) is 17.7 Å². The summed E-state index contributed by atoms with van der Waals surface area (Å²) < 4.78 is 33.1. The lowest BCUT2D eigenvalue weighted by Crippen LogP contribution is -2.16. The van der Waals surface area contributed by atoms with Gasteiger partial charge in [0.15, 0.2) is 9.84 Å². The minimum absolute atomic E-state index is 0.0414. The van der Waals surface area contributed by atoms with Gasteiger partial charge < -0.3 is 9.47 Å². The average molecular weight is 311 g/mol. The summed E-state index contributed by atoms with van der Waals surface area (Å²) in [5, 5.41) is 8.65. The average Bonchev–Trinajstić information content (AvgIpc) is 2.50. The van der Waals surface area contributed by atoms with Crippen molar-refractivity contribution in [1.29, 1.82) is 5.26 Å². The van der Waals surface area contributed by atoms with E-state index in [4.69, 9.17) is 10.00 Å². The van der Waals surface area contributed by atoms with Crippen molar-refractivity contribution in [2.24, 2.45) is 0 Å². The summed E-state index contributed by atoms with van der Waals surface area (Å²) in [5.41, 5.74) is 0.535. The largest absolute Gasteiger partial charge is 0.494 e. The van der Waals surface area contributed by atoms with Gasteiger partial charge in [-0.25, -0.2) is 8.42 Å². The van der Waals surface area contributed by atoms with Gasteiger partial charge in [-0.15, -0.1) is 0 Å². The smallest absolute Gasteiger partial charge is 0.306 e. The molecule has 0 spiro atoms. The van der Waals surface area contributed by atoms with Crippen LogP contribution in [0.4, 0.5) is 0 Å². The topological polar surface area (TPSA) is 93.5 Å². The normalized spacial score (nSPS) is 10.7. The highest BCUT2D eigenvalue weighted by atomic mass is 32.2. The first kappa shape index (κ1) is 17.0. The lowest BCUT2D eigenvalue weighted by atomic mass is 10.2. The van der Waals surface area contributed by atoms with Crippen molar-refractivity contribution in [2.75, 3.05) is 25.2 Å². The number of hydrogen-bond donors (Lipinski definition) is 0. The molecule has 0 aliphatic rings. The second kappa shape index (κ2) is 8.27. The molecule has 1 aromatic rings. The number of benzene rings is 1. The molecule has 0 unspecified atom stereocenters. The number of ether oxygens (including phenoxy) is 2. The lowest BCUT2D eigenvalue weighted by molar-refractivity contribution is -0.140. The van der Waals surface area contributed by atoms with Gasteiger partial charge in [-0.05, 0) is 30.7 Å². The summed E-state index contributed by atoms with van der Waals surface area (Å²) in [7, 11) is -2.05. The Labute approximate surface area is 124 Å². The van der Waals surface area contributed by atoms with E-state index in [2.05, 4.69) is 4.74 Å². The third kappa shape index (κ3) is 6.77. The second-order valence-electron chi connectivity index (χ2n) is 4.32. The molecular weight excluding hydrogens is 294 g/mol. The van der Waals surface area contributed by atoms with E-state index in [1.807, 2.05) is 6.07 Å². The molecule has 114 valence electrons. The number of methoxy groups -OCH3 is 1. The lowest BCUT2D eigenvalue weighted by Gasteiger charge is -2.06. The molecule has 0 bridgehead atoms. The molecule has 0 radical (unpaired) electrons. The van der Waals surface area contributed by atoms with Crippen molar-refractivity contribution in [3.05, 3.63) is 29.8 Å². The van der Waals surface area contributed by atoms with Crippen LogP contribution >= 0.6 is 0 Å². The zero-order valence-corrected chi connectivity index (χ0v) is 12.6. The molecule has 21 heavy (non-hydrogen) atoms. The molecule has 0 saturated carbocycles. The Bertz CT molecular complexity index is 601. The molecule has 0 atom stereocenters. The first-order chi connectivity index (χ1) is 9.96. The fraction of sp³-hybridized carbons (Fsp3) is 0.429. The van der Waals surface area contributed by atoms with Crippen molar-refractivity contribution in [3.8, 4) is 11.8 Å². The molecular formula is C14H17NO5S. The van der Waals surface area contributed by atoms with Gasteiger partial charge in [0, 0.05) is 0 Å². The van der Waals surface area contributed by atoms with E-state index in [0.717, 1.165) is 0 Å². The van der Waals surface area contributed by atoms with Crippen LogP contribution in [0.15, 0.2) is 24.3 Å². The maximum absolute atomic E-state index is 11.6. The van der Waals surface area contributed by atoms with Crippen LogP contribution in [-0.4, -0.2) is 39.6 Å². The summed E-state index contributed by atoms with van der Waals surface area (Å²) >= 11 is 0. The predicted octanol–water partition coefficient (Wildman–Crippen LogP) is 1.31. The van der Waals surface area contributed by atoms with Crippen LogP contribution in [0, 0.1) is 11.3 Å². The molecule has 1 rings (SSSR count). The molecule has 7 heteroatoms. The quantitative estimate of drug-likeness (QED) is 0.530. The Balaban J connectivity index is 2.29. The van der Waals surface area contributed by atoms with Gasteiger partial charge in [0.25, 0.3) is 0 Å². The number of nitrogens with zero attached hydrogens (tertiary/aromatic N) is 1. The highest BCUT2D eigenvalue weighted by molar-refractivity contribution is 7.91. The maximum Gasteiger partial charge on any atom is 0.306 e. The standard InChI is InChI=1S/C14H17NO5S/c1-19-14(16)7-10-21(17,18)9-2-8-20-13-5-3-12(11-15)4-6-13/h3-6H,2,7-10H2,1H3. The molecule has 0 amide bonds. The molecule has 0 N–H and O–H groups in total. The zero-order valence-electron chi connectivity index (χ0n) is 11.7. The van der Waals surface area contributed by atoms with Gasteiger partial charge in [0.1, 0.15) is 5.75 Å². The number of hydrogen-bond acceptors (Lipinski definition) is 6. The highest BCUT2D eigenvalue weighted by Crippen LogP contribution is 2.12. The van der Waals surface area contributed by atoms with Crippen molar-refractivity contribution in [3.63, 3.8) is 0 Å². The molecule has 0 fully saturated rings. The van der Waals surface area contributed by atoms with Gasteiger partial charge in [-0.2, -0.15) is 5.26 Å². The Morgan fingerprint density at radius 3 is 2.48 bits per heavy atom. The number of sulfone groups is 1. The van der Waals surface area contributed by atoms with Crippen LogP contribution in [0.25, 0.3) is 0 Å². The fourth-order valence-corrected chi connectivity index (χ4v) is 2.78. The first-order valence-electron chi connectivity index (χ1n) is 6.37. The Morgan fingerprint density at radius 2 is 1.90 bits per heavy atom. The fourth-order valence-electron chi connectivity index (χ4n) is 1.54. The Hall–Kier alpha value is -2.07. The van der Waals surface area contributed by atoms with Crippen LogP contribution in [-0.2, 0) is 19.4 Å². The van der Waals surface area contributed by atoms with Crippen LogP contribution in [0.5, 0.6) is 5.75 Å². The monoisotopic (exact) mass is 311 g/mol. The first-order valence-corrected chi connectivity index (χ1v) is 8.19. The molecule has 0 aliphatic heterocycles. The van der Waals surface area contributed by atoms with E-state index in [9.17, 15) is 13.2 Å². The highest BCUT2D eigenvalue weighted by Gasteiger charge is 2.13. The molecule has 0 saturated heterocycles.